The fraction of sp³-hybridized carbons (Fsp3) is 0.250. The second-order valence-corrected chi connectivity index (χ2v) is 9.37. The first-order valence-corrected chi connectivity index (χ1v) is 10.4. The molecule has 0 saturated heterocycles. The molecule has 150 valence electrons. The van der Waals surface area contributed by atoms with Crippen LogP contribution in [-0.4, -0.2) is 4.98 Å². The van der Waals surface area contributed by atoms with E-state index in [9.17, 15) is 0 Å². The van der Waals surface area contributed by atoms with Gasteiger partial charge in [0.1, 0.15) is 11.2 Å². The number of nitrogens with zero attached hydrogens (tertiary/aromatic N) is 1. The topological polar surface area (TPSA) is 26.0 Å². The smallest absolute Gasteiger partial charge is 0.144 e. The number of aromatic nitrogens is 1. The van der Waals surface area contributed by atoms with E-state index in [2.05, 4.69) is 56.9 Å². The van der Waals surface area contributed by atoms with E-state index < -0.39 is 6.85 Å². The van der Waals surface area contributed by atoms with Gasteiger partial charge in [-0.2, -0.15) is 0 Å². The molecule has 2 heterocycles. The van der Waals surface area contributed by atoms with Crippen molar-refractivity contribution in [1.29, 1.82) is 0 Å². The fourth-order valence-corrected chi connectivity index (χ4v) is 4.40. The Morgan fingerprint density at radius 1 is 0.933 bits per heavy atom. The molecule has 0 aliphatic heterocycles. The maximum atomic E-state index is 7.98. The summed E-state index contributed by atoms with van der Waals surface area (Å²) < 4.78 is 30.4. The molecule has 2 nitrogen and oxygen atoms in total. The van der Waals surface area contributed by atoms with Crippen LogP contribution in [0.25, 0.3) is 44.0 Å². The standard InChI is InChI=1S/C28H27NO/c1-17-13-19-9-6-7-10-21(19)27-25(17)23-12-8-11-22(26(23)30-27)24-14-20(15-28(3,4)5)18(2)16-29-24/h6-14,16H,15H2,1-5H3/i2D3. The van der Waals surface area contributed by atoms with E-state index in [1.165, 1.54) is 11.8 Å². The van der Waals surface area contributed by atoms with Crippen LogP contribution in [0.4, 0.5) is 0 Å². The molecule has 3 aromatic carbocycles. The van der Waals surface area contributed by atoms with Gasteiger partial charge in [-0.25, -0.2) is 0 Å². The van der Waals surface area contributed by atoms with Crippen LogP contribution in [-0.2, 0) is 6.42 Å². The number of fused-ring (bicyclic) bond motifs is 5. The quantitative estimate of drug-likeness (QED) is 0.302. The Hall–Kier alpha value is -3.13. The Balaban J connectivity index is 1.79. The summed E-state index contributed by atoms with van der Waals surface area (Å²) in [6, 6.07) is 18.5. The highest BCUT2D eigenvalue weighted by Crippen LogP contribution is 2.40. The largest absolute Gasteiger partial charge is 0.455 e. The van der Waals surface area contributed by atoms with Crippen molar-refractivity contribution in [1.82, 2.24) is 4.98 Å². The minimum Gasteiger partial charge on any atom is -0.455 e. The number of para-hydroxylation sites is 1. The molecule has 0 radical (unpaired) electrons. The van der Waals surface area contributed by atoms with Gasteiger partial charge in [0.15, 0.2) is 0 Å². The fourth-order valence-electron chi connectivity index (χ4n) is 4.40. The van der Waals surface area contributed by atoms with E-state index in [-0.39, 0.29) is 5.41 Å². The van der Waals surface area contributed by atoms with Crippen molar-refractivity contribution in [3.63, 3.8) is 0 Å². The van der Waals surface area contributed by atoms with Crippen LogP contribution in [0.3, 0.4) is 0 Å². The van der Waals surface area contributed by atoms with Crippen molar-refractivity contribution < 1.29 is 8.53 Å². The third-order valence-corrected chi connectivity index (χ3v) is 5.67. The molecule has 2 heteroatoms. The van der Waals surface area contributed by atoms with Crippen molar-refractivity contribution in [2.45, 2.75) is 41.0 Å². The highest BCUT2D eigenvalue weighted by Gasteiger charge is 2.18. The van der Waals surface area contributed by atoms with Gasteiger partial charge in [-0.3, -0.25) is 4.98 Å². The van der Waals surface area contributed by atoms with Crippen molar-refractivity contribution in [3.05, 3.63) is 77.5 Å². The monoisotopic (exact) mass is 396 g/mol. The van der Waals surface area contributed by atoms with Gasteiger partial charge < -0.3 is 4.42 Å². The Morgan fingerprint density at radius 3 is 2.53 bits per heavy atom. The van der Waals surface area contributed by atoms with E-state index in [1.54, 1.807) is 0 Å². The van der Waals surface area contributed by atoms with Crippen molar-refractivity contribution in [2.75, 3.05) is 0 Å². The highest BCUT2D eigenvalue weighted by atomic mass is 16.3. The zero-order valence-electron chi connectivity index (χ0n) is 20.8. The summed E-state index contributed by atoms with van der Waals surface area (Å²) in [7, 11) is 0. The van der Waals surface area contributed by atoms with Crippen LogP contribution in [0.5, 0.6) is 0 Å². The van der Waals surface area contributed by atoms with Crippen LogP contribution in [0.15, 0.2) is 65.2 Å². The lowest BCUT2D eigenvalue weighted by Crippen LogP contribution is -2.10. The molecule has 0 aliphatic carbocycles. The van der Waals surface area contributed by atoms with Crippen LogP contribution < -0.4 is 0 Å². The molecule has 0 spiro atoms. The molecule has 0 saturated carbocycles. The number of pyridine rings is 1. The van der Waals surface area contributed by atoms with Gasteiger partial charge in [0.25, 0.3) is 0 Å². The van der Waals surface area contributed by atoms with E-state index >= 15 is 0 Å². The van der Waals surface area contributed by atoms with Gasteiger partial charge in [-0.05, 0) is 59.8 Å². The summed E-state index contributed by atoms with van der Waals surface area (Å²) >= 11 is 0. The average molecular weight is 397 g/mol. The second kappa shape index (κ2) is 6.70. The number of hydrogen-bond acceptors (Lipinski definition) is 2. The highest BCUT2D eigenvalue weighted by molar-refractivity contribution is 6.18. The molecule has 5 rings (SSSR count). The minimum absolute atomic E-state index is 0.0555. The molecule has 0 atom stereocenters. The molecule has 0 amide bonds. The maximum absolute atomic E-state index is 7.98. The molecule has 0 fully saturated rings. The number of rotatable bonds is 2. The molecule has 5 aromatic rings. The first-order valence-electron chi connectivity index (χ1n) is 11.9. The molecular formula is C28H27NO. The van der Waals surface area contributed by atoms with E-state index in [0.29, 0.717) is 12.0 Å². The third kappa shape index (κ3) is 3.08. The second-order valence-electron chi connectivity index (χ2n) is 9.37. The minimum atomic E-state index is -2.20. The zero-order valence-corrected chi connectivity index (χ0v) is 17.8. The van der Waals surface area contributed by atoms with Gasteiger partial charge >= 0.3 is 0 Å². The summed E-state index contributed by atoms with van der Waals surface area (Å²) in [6.45, 7) is 6.26. The maximum Gasteiger partial charge on any atom is 0.144 e. The summed E-state index contributed by atoms with van der Waals surface area (Å²) in [5.41, 5.74) is 5.50. The number of benzene rings is 3. The van der Waals surface area contributed by atoms with Crippen LogP contribution >= 0.6 is 0 Å². The summed E-state index contributed by atoms with van der Waals surface area (Å²) in [5.74, 6) is 0. The van der Waals surface area contributed by atoms with Crippen molar-refractivity contribution in [3.8, 4) is 11.3 Å². The Kier molecular flexibility index (Phi) is 3.50. The summed E-state index contributed by atoms with van der Waals surface area (Å²) in [4.78, 5) is 4.59. The SMILES string of the molecule is [2H]C([2H])([2H])c1cnc(-c2cccc3c2oc2c4ccccc4cc(C)c32)cc1CC(C)(C)C. The van der Waals surface area contributed by atoms with Gasteiger partial charge in [-0.15, -0.1) is 0 Å². The molecule has 0 N–H and O–H groups in total. The van der Waals surface area contributed by atoms with Crippen LogP contribution in [0.2, 0.25) is 0 Å². The lowest BCUT2D eigenvalue weighted by Gasteiger charge is -2.20. The first kappa shape index (κ1) is 15.7. The van der Waals surface area contributed by atoms with Crippen molar-refractivity contribution >= 4 is 32.7 Å². The van der Waals surface area contributed by atoms with E-state index in [0.717, 1.165) is 49.5 Å². The zero-order chi connectivity index (χ0) is 23.5. The Morgan fingerprint density at radius 2 is 1.73 bits per heavy atom. The molecule has 0 aliphatic rings. The molecule has 0 unspecified atom stereocenters. The summed E-state index contributed by atoms with van der Waals surface area (Å²) in [5, 5.41) is 4.39. The third-order valence-electron chi connectivity index (χ3n) is 5.67. The number of furan rings is 1. The lowest BCUT2D eigenvalue weighted by molar-refractivity contribution is 0.410. The lowest BCUT2D eigenvalue weighted by atomic mass is 9.86. The predicted octanol–water partition coefficient (Wildman–Crippen LogP) is 8.01. The van der Waals surface area contributed by atoms with E-state index in [1.807, 2.05) is 30.3 Å². The molecule has 0 bridgehead atoms. The van der Waals surface area contributed by atoms with E-state index in [4.69, 9.17) is 8.53 Å². The predicted molar refractivity (Wildman–Crippen MR) is 127 cm³/mol. The molecule has 30 heavy (non-hydrogen) atoms. The van der Waals surface area contributed by atoms with Gasteiger partial charge in [0, 0.05) is 32.0 Å². The van der Waals surface area contributed by atoms with Crippen molar-refractivity contribution in [2.24, 2.45) is 5.41 Å². The molecular weight excluding hydrogens is 366 g/mol. The molecule has 2 aromatic heterocycles. The van der Waals surface area contributed by atoms with Crippen LogP contribution in [0.1, 0.15) is 41.6 Å². The number of hydrogen-bond donors (Lipinski definition) is 0. The van der Waals surface area contributed by atoms with Gasteiger partial charge in [0.2, 0.25) is 0 Å². The Labute approximate surface area is 181 Å². The Bertz CT molecular complexity index is 1520. The normalized spacial score (nSPS) is 14.2. The van der Waals surface area contributed by atoms with Gasteiger partial charge in [-0.1, -0.05) is 63.2 Å². The first-order chi connectivity index (χ1) is 15.5. The average Bonchev–Trinajstić information content (AvgIpc) is 3.12. The van der Waals surface area contributed by atoms with Crippen LogP contribution in [0, 0.1) is 19.2 Å². The van der Waals surface area contributed by atoms with Gasteiger partial charge in [0.05, 0.1) is 5.69 Å². The summed E-state index contributed by atoms with van der Waals surface area (Å²) in [6.07, 6.45) is 2.17. The number of aryl methyl sites for hydroxylation is 2.